The van der Waals surface area contributed by atoms with Crippen molar-refractivity contribution in [2.24, 2.45) is 17.1 Å². The third-order valence-corrected chi connectivity index (χ3v) is 3.84. The fourth-order valence-electron chi connectivity index (χ4n) is 2.65. The first-order valence-electron chi connectivity index (χ1n) is 5.96. The molecular weight excluding hydrogens is 158 g/mol. The first-order chi connectivity index (χ1) is 6.26. The summed E-state index contributed by atoms with van der Waals surface area (Å²) in [5.41, 5.74) is 6.35. The van der Waals surface area contributed by atoms with Gasteiger partial charge in [0.2, 0.25) is 0 Å². The lowest BCUT2D eigenvalue weighted by Crippen LogP contribution is -2.42. The first kappa shape index (κ1) is 11.0. The van der Waals surface area contributed by atoms with Gasteiger partial charge in [-0.15, -0.1) is 0 Å². The predicted octanol–water partition coefficient (Wildman–Crippen LogP) is 3.33. The highest BCUT2D eigenvalue weighted by Crippen LogP contribution is 2.49. The highest BCUT2D eigenvalue weighted by atomic mass is 14.6. The van der Waals surface area contributed by atoms with E-state index in [1.54, 1.807) is 0 Å². The van der Waals surface area contributed by atoms with E-state index < -0.39 is 0 Å². The number of unbranched alkanes of at least 4 members (excludes halogenated alkanes) is 2. The van der Waals surface area contributed by atoms with Crippen LogP contribution in [0.5, 0.6) is 0 Å². The van der Waals surface area contributed by atoms with Gasteiger partial charge in [-0.05, 0) is 37.1 Å². The van der Waals surface area contributed by atoms with Gasteiger partial charge in [0, 0.05) is 0 Å². The molecule has 1 nitrogen and oxygen atoms in total. The van der Waals surface area contributed by atoms with Crippen LogP contribution in [-0.4, -0.2) is 6.54 Å². The second kappa shape index (κ2) is 4.99. The van der Waals surface area contributed by atoms with Gasteiger partial charge in [0.15, 0.2) is 0 Å². The second-order valence-electron chi connectivity index (χ2n) is 4.83. The Bertz CT molecular complexity index is 130. The van der Waals surface area contributed by atoms with Gasteiger partial charge in [0.1, 0.15) is 0 Å². The smallest absolute Gasteiger partial charge is 0.00204 e. The zero-order valence-corrected chi connectivity index (χ0v) is 9.31. The maximum absolute atomic E-state index is 5.80. The predicted molar refractivity (Wildman–Crippen MR) is 58.6 cm³/mol. The van der Waals surface area contributed by atoms with Gasteiger partial charge in [-0.25, -0.2) is 0 Å². The molecule has 0 spiro atoms. The van der Waals surface area contributed by atoms with Gasteiger partial charge in [0.25, 0.3) is 0 Å². The summed E-state index contributed by atoms with van der Waals surface area (Å²) in [4.78, 5) is 0. The Morgan fingerprint density at radius 1 is 1.23 bits per heavy atom. The molecule has 2 N–H and O–H groups in total. The van der Waals surface area contributed by atoms with E-state index in [2.05, 4.69) is 13.8 Å². The lowest BCUT2D eigenvalue weighted by Gasteiger charge is -2.47. The Morgan fingerprint density at radius 2 is 1.92 bits per heavy atom. The summed E-state index contributed by atoms with van der Waals surface area (Å²) in [5, 5.41) is 0. The van der Waals surface area contributed by atoms with E-state index in [4.69, 9.17) is 5.73 Å². The van der Waals surface area contributed by atoms with Crippen molar-refractivity contribution in [1.29, 1.82) is 0 Å². The van der Waals surface area contributed by atoms with Crippen LogP contribution in [0.4, 0.5) is 0 Å². The van der Waals surface area contributed by atoms with Crippen LogP contribution < -0.4 is 5.73 Å². The normalized spacial score (nSPS) is 33.0. The summed E-state index contributed by atoms with van der Waals surface area (Å²) in [5.74, 6) is 1.01. The molecule has 0 heterocycles. The van der Waals surface area contributed by atoms with E-state index in [1.165, 1.54) is 44.9 Å². The zero-order chi connectivity index (χ0) is 9.73. The van der Waals surface area contributed by atoms with E-state index >= 15 is 0 Å². The Morgan fingerprint density at radius 3 is 2.38 bits per heavy atom. The molecule has 13 heavy (non-hydrogen) atoms. The molecule has 0 bridgehead atoms. The monoisotopic (exact) mass is 183 g/mol. The van der Waals surface area contributed by atoms with Crippen molar-refractivity contribution < 1.29 is 0 Å². The number of hydrogen-bond acceptors (Lipinski definition) is 1. The van der Waals surface area contributed by atoms with Crippen LogP contribution in [0.3, 0.4) is 0 Å². The van der Waals surface area contributed by atoms with Crippen LogP contribution in [0.1, 0.15) is 58.8 Å². The molecule has 1 heteroatoms. The molecule has 0 saturated heterocycles. The lowest BCUT2D eigenvalue weighted by molar-refractivity contribution is 0.0522. The largest absolute Gasteiger partial charge is 0.330 e. The van der Waals surface area contributed by atoms with Crippen molar-refractivity contribution >= 4 is 0 Å². The summed E-state index contributed by atoms with van der Waals surface area (Å²) in [7, 11) is 0. The van der Waals surface area contributed by atoms with E-state index in [-0.39, 0.29) is 0 Å². The topological polar surface area (TPSA) is 26.0 Å². The maximum atomic E-state index is 5.80. The van der Waals surface area contributed by atoms with Crippen molar-refractivity contribution in [1.82, 2.24) is 0 Å². The molecule has 0 aromatic heterocycles. The molecule has 0 atom stereocenters. The van der Waals surface area contributed by atoms with Gasteiger partial charge in [-0.1, -0.05) is 39.5 Å². The van der Waals surface area contributed by atoms with E-state index in [1.807, 2.05) is 0 Å². The van der Waals surface area contributed by atoms with Crippen molar-refractivity contribution in [3.63, 3.8) is 0 Å². The van der Waals surface area contributed by atoms with Crippen LogP contribution in [0, 0.1) is 11.3 Å². The molecule has 1 aliphatic rings. The summed E-state index contributed by atoms with van der Waals surface area (Å²) in [6, 6.07) is 0. The van der Waals surface area contributed by atoms with Crippen molar-refractivity contribution in [3.05, 3.63) is 0 Å². The third kappa shape index (κ3) is 2.70. The first-order valence-corrected chi connectivity index (χ1v) is 5.96. The van der Waals surface area contributed by atoms with Crippen LogP contribution >= 0.6 is 0 Å². The zero-order valence-electron chi connectivity index (χ0n) is 9.31. The molecule has 1 aliphatic carbocycles. The summed E-state index contributed by atoms with van der Waals surface area (Å²) >= 11 is 0. The minimum Gasteiger partial charge on any atom is -0.330 e. The second-order valence-corrected chi connectivity index (χ2v) is 4.83. The minimum absolute atomic E-state index is 0.552. The average Bonchev–Trinajstić information content (AvgIpc) is 2.10. The fourth-order valence-corrected chi connectivity index (χ4v) is 2.65. The maximum Gasteiger partial charge on any atom is -0.00204 e. The third-order valence-electron chi connectivity index (χ3n) is 3.84. The summed E-state index contributed by atoms with van der Waals surface area (Å²) in [6.07, 6.45) is 9.75. The Hall–Kier alpha value is -0.0400. The van der Waals surface area contributed by atoms with Crippen molar-refractivity contribution in [2.75, 3.05) is 6.54 Å². The van der Waals surface area contributed by atoms with Gasteiger partial charge in [0.05, 0.1) is 0 Å². The highest BCUT2D eigenvalue weighted by molar-refractivity contribution is 4.93. The standard InChI is InChI=1S/C12H25N/c1-3-5-6-7-11-8-12(4-2,9-11)10-13/h11H,3-10,13H2,1-2H3. The van der Waals surface area contributed by atoms with Crippen molar-refractivity contribution in [2.45, 2.75) is 58.8 Å². The average molecular weight is 183 g/mol. The molecule has 1 saturated carbocycles. The van der Waals surface area contributed by atoms with E-state index in [0.29, 0.717) is 5.41 Å². The van der Waals surface area contributed by atoms with Gasteiger partial charge < -0.3 is 5.73 Å². The molecule has 1 fully saturated rings. The van der Waals surface area contributed by atoms with Gasteiger partial charge in [-0.3, -0.25) is 0 Å². The summed E-state index contributed by atoms with van der Waals surface area (Å²) in [6.45, 7) is 5.47. The number of hydrogen-bond donors (Lipinski definition) is 1. The molecule has 0 aliphatic heterocycles. The van der Waals surface area contributed by atoms with E-state index in [0.717, 1.165) is 12.5 Å². The highest BCUT2D eigenvalue weighted by Gasteiger charge is 2.40. The van der Waals surface area contributed by atoms with Gasteiger partial charge >= 0.3 is 0 Å². The van der Waals surface area contributed by atoms with Crippen LogP contribution in [0.2, 0.25) is 0 Å². The molecule has 0 amide bonds. The lowest BCUT2D eigenvalue weighted by atomic mass is 9.59. The molecule has 0 radical (unpaired) electrons. The molecule has 0 aromatic carbocycles. The number of nitrogens with two attached hydrogens (primary N) is 1. The van der Waals surface area contributed by atoms with Crippen LogP contribution in [-0.2, 0) is 0 Å². The van der Waals surface area contributed by atoms with Gasteiger partial charge in [-0.2, -0.15) is 0 Å². The molecular formula is C12H25N. The Labute approximate surface area is 83.1 Å². The molecule has 1 rings (SSSR count). The molecule has 0 aromatic rings. The van der Waals surface area contributed by atoms with E-state index in [9.17, 15) is 0 Å². The minimum atomic E-state index is 0.552. The molecule has 78 valence electrons. The van der Waals surface area contributed by atoms with Crippen molar-refractivity contribution in [3.8, 4) is 0 Å². The Balaban J connectivity index is 2.09. The quantitative estimate of drug-likeness (QED) is 0.628. The van der Waals surface area contributed by atoms with Crippen LogP contribution in [0.15, 0.2) is 0 Å². The SMILES string of the molecule is CCCCCC1CC(CC)(CN)C1. The fraction of sp³-hybridized carbons (Fsp3) is 1.00. The Kier molecular flexibility index (Phi) is 4.24. The number of rotatable bonds is 6. The summed E-state index contributed by atoms with van der Waals surface area (Å²) < 4.78 is 0. The molecule has 0 unspecified atom stereocenters. The van der Waals surface area contributed by atoms with Crippen LogP contribution in [0.25, 0.3) is 0 Å².